The molecule has 0 aromatic heterocycles. The number of rotatable bonds is 16. The second kappa shape index (κ2) is 15.1. The Hall–Kier alpha value is -4.22. The molecule has 3 aliphatic rings. The number of anilines is 2. The first-order chi connectivity index (χ1) is 25.1. The number of benzene rings is 2. The van der Waals surface area contributed by atoms with Crippen LogP contribution in [0.3, 0.4) is 0 Å². The molecule has 2 atom stereocenters. The summed E-state index contributed by atoms with van der Waals surface area (Å²) in [7, 11) is -9.02. The van der Waals surface area contributed by atoms with E-state index in [1.54, 1.807) is 24.3 Å². The molecule has 54 heavy (non-hydrogen) atoms. The summed E-state index contributed by atoms with van der Waals surface area (Å²) in [5, 5.41) is 41.3. The summed E-state index contributed by atoms with van der Waals surface area (Å²) >= 11 is 0. The number of carboxylic acids is 2. The minimum Gasteiger partial charge on any atom is -0.511 e. The number of carboxylic acid groups (broad SMARTS) is 2. The highest BCUT2D eigenvalue weighted by molar-refractivity contribution is 7.86. The Morgan fingerprint density at radius 1 is 0.704 bits per heavy atom. The van der Waals surface area contributed by atoms with Gasteiger partial charge < -0.3 is 30.2 Å². The molecule has 294 valence electrons. The summed E-state index contributed by atoms with van der Waals surface area (Å²) in [6.07, 6.45) is 5.70. The van der Waals surface area contributed by atoms with E-state index in [0.29, 0.717) is 85.5 Å². The molecule has 1 aliphatic carbocycles. The van der Waals surface area contributed by atoms with E-state index in [9.17, 15) is 45.7 Å². The van der Waals surface area contributed by atoms with Crippen LogP contribution in [-0.4, -0.2) is 77.5 Å². The molecule has 0 amide bonds. The lowest BCUT2D eigenvalue weighted by Crippen LogP contribution is -2.38. The Bertz CT molecular complexity index is 2150. The number of hydrogen-bond acceptors (Lipinski definition) is 10. The van der Waals surface area contributed by atoms with Crippen LogP contribution < -0.4 is 9.80 Å². The minimum atomic E-state index is -4.51. The maximum Gasteiger partial charge on any atom is 0.303 e. The van der Waals surface area contributed by atoms with Gasteiger partial charge in [-0.2, -0.15) is 16.8 Å². The van der Waals surface area contributed by atoms with Crippen LogP contribution in [0.4, 0.5) is 11.4 Å². The summed E-state index contributed by atoms with van der Waals surface area (Å²) in [6.45, 7) is 8.35. The highest BCUT2D eigenvalue weighted by Gasteiger charge is 2.47. The quantitative estimate of drug-likeness (QED) is 0.0855. The van der Waals surface area contributed by atoms with Gasteiger partial charge in [-0.25, -0.2) is 0 Å². The summed E-state index contributed by atoms with van der Waals surface area (Å²) in [6, 6.07) is 8.63. The van der Waals surface area contributed by atoms with Gasteiger partial charge >= 0.3 is 11.9 Å². The number of allylic oxidation sites excluding steroid dienone is 2. The average molecular weight is 789 g/mol. The normalized spacial score (nSPS) is 21.8. The molecule has 14 nitrogen and oxygen atoms in total. The lowest BCUT2D eigenvalue weighted by Gasteiger charge is -2.37. The van der Waals surface area contributed by atoms with Crippen LogP contribution in [0.2, 0.25) is 0 Å². The van der Waals surface area contributed by atoms with Crippen molar-refractivity contribution in [2.45, 2.75) is 106 Å². The van der Waals surface area contributed by atoms with E-state index in [0.717, 1.165) is 0 Å². The molecule has 2 aromatic carbocycles. The van der Waals surface area contributed by atoms with Gasteiger partial charge in [-0.05, 0) is 79.3 Å². The van der Waals surface area contributed by atoms with Gasteiger partial charge in [-0.3, -0.25) is 18.7 Å². The van der Waals surface area contributed by atoms with Crippen LogP contribution in [0.25, 0.3) is 0 Å². The van der Waals surface area contributed by atoms with Gasteiger partial charge in [-0.1, -0.05) is 46.6 Å². The molecule has 2 unspecified atom stereocenters. The first-order valence-electron chi connectivity index (χ1n) is 17.8. The fourth-order valence-electron chi connectivity index (χ4n) is 7.76. The first-order valence-corrected chi connectivity index (χ1v) is 20.7. The van der Waals surface area contributed by atoms with E-state index in [1.165, 1.54) is 24.3 Å². The molecule has 0 radical (unpaired) electrons. The fourth-order valence-corrected chi connectivity index (χ4v) is 8.77. The van der Waals surface area contributed by atoms with Gasteiger partial charge in [0, 0.05) is 65.1 Å². The molecule has 2 aromatic rings. The number of aliphatic hydroxyl groups is 2. The first kappa shape index (κ1) is 41.0. The number of aliphatic carboxylic acids is 2. The van der Waals surface area contributed by atoms with Crippen molar-refractivity contribution < 1.29 is 56.0 Å². The molecule has 2 aliphatic heterocycles. The van der Waals surface area contributed by atoms with Crippen molar-refractivity contribution in [2.24, 2.45) is 5.92 Å². The lowest BCUT2D eigenvalue weighted by molar-refractivity contribution is -0.138. The summed E-state index contributed by atoms with van der Waals surface area (Å²) in [4.78, 5) is 25.5. The monoisotopic (exact) mass is 788 g/mol. The highest BCUT2D eigenvalue weighted by atomic mass is 32.2. The number of nitrogens with zero attached hydrogens (tertiary/aromatic N) is 2. The Labute approximate surface area is 315 Å². The number of fused-ring (bicyclic) bond motifs is 2. The smallest absolute Gasteiger partial charge is 0.303 e. The standard InChI is InChI=1S/C38H48N2O12S2/c1-37(2)27-19-23(53(47,48)49)13-15-29(27)39(17-9-5-7-11-33(41)42)31(37)21-25-35(45)26(36(25)46)22-32-38(3,4)28-20-24(54(50,51)52)14-16-30(28)40(32)18-10-6-8-12-34(43)44/h13-16,19-22,25,35,45-46H,5-12,17-18H2,1-4H3,(H,41,42)(H,43,44)(H,47,48,49)(H,50,51,52). The topological polar surface area (TPSA) is 230 Å². The van der Waals surface area contributed by atoms with Gasteiger partial charge in [0.2, 0.25) is 0 Å². The Balaban J connectivity index is 1.52. The van der Waals surface area contributed by atoms with Gasteiger partial charge in [0.15, 0.2) is 0 Å². The predicted octanol–water partition coefficient (Wildman–Crippen LogP) is 5.94. The SMILES string of the molecule is CC1(C)C(=CC2=C(O)C(C=C3N(CCCCCC(=O)O)c4ccc(S(=O)(=O)O)cc4C3(C)C)C2O)N(CCCCCC(=O)O)c2ccc(S(=O)(=O)O)cc21. The molecule has 6 N–H and O–H groups in total. The molecule has 0 spiro atoms. The average Bonchev–Trinajstić information content (AvgIpc) is 3.41. The third-order valence-corrected chi connectivity index (χ3v) is 12.5. The van der Waals surface area contributed by atoms with Crippen LogP contribution in [0.1, 0.15) is 90.2 Å². The van der Waals surface area contributed by atoms with Gasteiger partial charge in [0.25, 0.3) is 20.2 Å². The molecule has 2 heterocycles. The lowest BCUT2D eigenvalue weighted by atomic mass is 9.75. The maximum atomic E-state index is 12.1. The number of unbranched alkanes of at least 4 members (excludes halogenated alkanes) is 4. The molecule has 0 saturated carbocycles. The zero-order valence-electron chi connectivity index (χ0n) is 30.7. The van der Waals surface area contributed by atoms with Crippen molar-refractivity contribution in [3.63, 3.8) is 0 Å². The third kappa shape index (κ3) is 8.08. The number of hydrogen-bond donors (Lipinski definition) is 6. The van der Waals surface area contributed by atoms with Crippen molar-refractivity contribution in [3.8, 4) is 0 Å². The molecule has 0 saturated heterocycles. The number of aliphatic hydroxyl groups excluding tert-OH is 2. The fraction of sp³-hybridized carbons (Fsp3) is 0.474. The van der Waals surface area contributed by atoms with Gasteiger partial charge in [0.05, 0.1) is 21.8 Å². The third-order valence-electron chi connectivity index (χ3n) is 10.8. The van der Waals surface area contributed by atoms with Crippen molar-refractivity contribution in [2.75, 3.05) is 22.9 Å². The minimum absolute atomic E-state index is 0.0259. The van der Waals surface area contributed by atoms with Gasteiger partial charge in [0.1, 0.15) is 5.76 Å². The Kier molecular flexibility index (Phi) is 11.5. The highest BCUT2D eigenvalue weighted by Crippen LogP contribution is 2.52. The van der Waals surface area contributed by atoms with Gasteiger partial charge in [-0.15, -0.1) is 0 Å². The molecule has 0 bridgehead atoms. The molecule has 16 heteroatoms. The van der Waals surface area contributed by atoms with Crippen LogP contribution >= 0.6 is 0 Å². The zero-order chi connectivity index (χ0) is 40.0. The van der Waals surface area contributed by atoms with E-state index in [-0.39, 0.29) is 34.0 Å². The van der Waals surface area contributed by atoms with Crippen molar-refractivity contribution in [1.29, 1.82) is 0 Å². The van der Waals surface area contributed by atoms with Crippen molar-refractivity contribution in [1.82, 2.24) is 0 Å². The summed E-state index contributed by atoms with van der Waals surface area (Å²) < 4.78 is 67.8. The Morgan fingerprint density at radius 3 is 1.54 bits per heavy atom. The second-order valence-corrected chi connectivity index (χ2v) is 18.0. The van der Waals surface area contributed by atoms with Crippen LogP contribution in [0.5, 0.6) is 0 Å². The van der Waals surface area contributed by atoms with Crippen LogP contribution in [0, 0.1) is 5.92 Å². The Morgan fingerprint density at radius 2 is 1.13 bits per heavy atom. The predicted molar refractivity (Wildman–Crippen MR) is 201 cm³/mol. The van der Waals surface area contributed by atoms with Crippen molar-refractivity contribution >= 4 is 43.5 Å². The second-order valence-electron chi connectivity index (χ2n) is 15.2. The van der Waals surface area contributed by atoms with Crippen LogP contribution in [0.15, 0.2) is 81.1 Å². The van der Waals surface area contributed by atoms with Crippen LogP contribution in [-0.2, 0) is 40.7 Å². The number of carbonyl (C=O) groups is 2. The van der Waals surface area contributed by atoms with E-state index >= 15 is 0 Å². The maximum absolute atomic E-state index is 12.1. The van der Waals surface area contributed by atoms with Crippen molar-refractivity contribution in [3.05, 3.63) is 82.4 Å². The summed E-state index contributed by atoms with van der Waals surface area (Å²) in [5.74, 6) is -2.72. The largest absolute Gasteiger partial charge is 0.511 e. The molecule has 5 rings (SSSR count). The van der Waals surface area contributed by atoms with E-state index in [1.807, 2.05) is 37.5 Å². The molecule has 0 fully saturated rings. The zero-order valence-corrected chi connectivity index (χ0v) is 32.3. The van der Waals surface area contributed by atoms with E-state index in [4.69, 9.17) is 10.2 Å². The van der Waals surface area contributed by atoms with E-state index in [2.05, 4.69) is 0 Å². The molecular formula is C38H48N2O12S2. The summed E-state index contributed by atoms with van der Waals surface area (Å²) in [5.41, 5.74) is 2.50. The van der Waals surface area contributed by atoms with E-state index < -0.39 is 55.0 Å². The molecular weight excluding hydrogens is 741 g/mol.